The minimum Gasteiger partial charge on any atom is -0.471 e. The summed E-state index contributed by atoms with van der Waals surface area (Å²) >= 11 is 6.10. The van der Waals surface area contributed by atoms with Crippen LogP contribution in [0.2, 0.25) is 5.15 Å². The summed E-state index contributed by atoms with van der Waals surface area (Å²) in [6.07, 6.45) is 2.73. The molecule has 1 heterocycles. The van der Waals surface area contributed by atoms with Gasteiger partial charge in [0, 0.05) is 12.0 Å². The van der Waals surface area contributed by atoms with Crippen LogP contribution in [0.15, 0.2) is 0 Å². The molecule has 0 bridgehead atoms. The summed E-state index contributed by atoms with van der Waals surface area (Å²) in [6.45, 7) is 10.2. The van der Waals surface area contributed by atoms with Crippen molar-refractivity contribution in [3.05, 3.63) is 16.5 Å². The molecule has 0 aliphatic heterocycles. The van der Waals surface area contributed by atoms with Gasteiger partial charge in [0.2, 0.25) is 5.88 Å². The summed E-state index contributed by atoms with van der Waals surface area (Å²) in [5.74, 6) is 1.37. The van der Waals surface area contributed by atoms with Gasteiger partial charge in [0.25, 0.3) is 0 Å². The molecule has 0 amide bonds. The molecule has 0 saturated heterocycles. The average Bonchev–Trinajstić information content (AvgIpc) is 2.25. The van der Waals surface area contributed by atoms with E-state index in [1.54, 1.807) is 0 Å². The Morgan fingerprint density at radius 3 is 2.41 bits per heavy atom. The third-order valence-corrected chi connectivity index (χ3v) is 3.15. The lowest BCUT2D eigenvalue weighted by atomic mass is 10.1. The molecule has 1 aromatic rings. The fraction of sp³-hybridized carbons (Fsp3) is 0.692. The number of ether oxygens (including phenoxy) is 1. The Morgan fingerprint density at radius 1 is 1.24 bits per heavy atom. The minimum atomic E-state index is -0.230. The monoisotopic (exact) mass is 256 g/mol. The molecule has 0 aliphatic carbocycles. The molecule has 0 aromatic carbocycles. The Morgan fingerprint density at radius 2 is 1.88 bits per heavy atom. The van der Waals surface area contributed by atoms with Gasteiger partial charge < -0.3 is 4.74 Å². The first kappa shape index (κ1) is 14.2. The molecule has 0 atom stereocenters. The number of hydrogen-bond donors (Lipinski definition) is 0. The zero-order valence-corrected chi connectivity index (χ0v) is 12.1. The van der Waals surface area contributed by atoms with Crippen LogP contribution >= 0.6 is 11.6 Å². The van der Waals surface area contributed by atoms with Gasteiger partial charge in [0.05, 0.1) is 0 Å². The second-order valence-corrected chi connectivity index (χ2v) is 5.18. The van der Waals surface area contributed by atoms with E-state index in [0.717, 1.165) is 30.7 Å². The third-order valence-electron chi connectivity index (χ3n) is 2.79. The van der Waals surface area contributed by atoms with E-state index in [0.29, 0.717) is 11.0 Å². The third kappa shape index (κ3) is 3.84. The molecule has 0 aliphatic rings. The van der Waals surface area contributed by atoms with Gasteiger partial charge in [-0.2, -0.15) is 4.98 Å². The second kappa shape index (κ2) is 5.67. The van der Waals surface area contributed by atoms with Crippen molar-refractivity contribution in [1.82, 2.24) is 9.97 Å². The highest BCUT2D eigenvalue weighted by Crippen LogP contribution is 2.26. The van der Waals surface area contributed by atoms with Crippen LogP contribution in [-0.4, -0.2) is 15.6 Å². The van der Waals surface area contributed by atoms with Crippen LogP contribution < -0.4 is 4.74 Å². The number of aryl methyl sites for hydroxylation is 1. The van der Waals surface area contributed by atoms with E-state index in [9.17, 15) is 0 Å². The molecule has 0 N–H and O–H groups in total. The Bertz CT molecular complexity index is 391. The highest BCUT2D eigenvalue weighted by atomic mass is 35.5. The van der Waals surface area contributed by atoms with E-state index in [2.05, 4.69) is 23.8 Å². The van der Waals surface area contributed by atoms with Gasteiger partial charge in [0.15, 0.2) is 0 Å². The van der Waals surface area contributed by atoms with Crippen molar-refractivity contribution in [3.63, 3.8) is 0 Å². The van der Waals surface area contributed by atoms with Gasteiger partial charge in [-0.05, 0) is 33.6 Å². The maximum absolute atomic E-state index is 6.10. The SMILES string of the molecule is CCCc1nc(Cl)c(C)c(OC(C)(C)CC)n1. The standard InChI is InChI=1S/C13H21ClN2O/c1-6-8-10-15-11(14)9(3)12(16-10)17-13(4,5)7-2/h6-8H2,1-5H3. The van der Waals surface area contributed by atoms with E-state index in [-0.39, 0.29) is 5.60 Å². The maximum atomic E-state index is 6.10. The normalized spacial score (nSPS) is 11.6. The van der Waals surface area contributed by atoms with E-state index in [1.165, 1.54) is 0 Å². The summed E-state index contributed by atoms with van der Waals surface area (Å²) < 4.78 is 5.91. The predicted octanol–water partition coefficient (Wildman–Crippen LogP) is 3.96. The van der Waals surface area contributed by atoms with Gasteiger partial charge >= 0.3 is 0 Å². The molecule has 3 nitrogen and oxygen atoms in total. The molecule has 0 radical (unpaired) electrons. The summed E-state index contributed by atoms with van der Waals surface area (Å²) in [7, 11) is 0. The molecular formula is C13H21ClN2O. The van der Waals surface area contributed by atoms with Gasteiger partial charge in [-0.15, -0.1) is 0 Å². The lowest BCUT2D eigenvalue weighted by molar-refractivity contribution is 0.0974. The first-order chi connectivity index (χ1) is 7.89. The predicted molar refractivity (Wildman–Crippen MR) is 70.8 cm³/mol. The van der Waals surface area contributed by atoms with Gasteiger partial charge in [-0.3, -0.25) is 0 Å². The number of aromatic nitrogens is 2. The van der Waals surface area contributed by atoms with Crippen LogP contribution in [0.5, 0.6) is 5.88 Å². The summed E-state index contributed by atoms with van der Waals surface area (Å²) in [4.78, 5) is 8.69. The van der Waals surface area contributed by atoms with Crippen LogP contribution in [0.4, 0.5) is 0 Å². The number of halogens is 1. The van der Waals surface area contributed by atoms with Crippen molar-refractivity contribution in [2.75, 3.05) is 0 Å². The Hall–Kier alpha value is -0.830. The van der Waals surface area contributed by atoms with Crippen molar-refractivity contribution in [2.45, 2.75) is 59.5 Å². The number of hydrogen-bond acceptors (Lipinski definition) is 3. The summed E-state index contributed by atoms with van der Waals surface area (Å²) in [5, 5.41) is 0.491. The van der Waals surface area contributed by atoms with E-state index >= 15 is 0 Å². The number of nitrogens with zero attached hydrogens (tertiary/aromatic N) is 2. The zero-order chi connectivity index (χ0) is 13.1. The quantitative estimate of drug-likeness (QED) is 0.748. The van der Waals surface area contributed by atoms with Crippen molar-refractivity contribution in [2.24, 2.45) is 0 Å². The van der Waals surface area contributed by atoms with Gasteiger partial charge in [-0.1, -0.05) is 25.4 Å². The second-order valence-electron chi connectivity index (χ2n) is 4.83. The molecule has 0 spiro atoms. The maximum Gasteiger partial charge on any atom is 0.221 e. The first-order valence-electron chi connectivity index (χ1n) is 6.11. The van der Waals surface area contributed by atoms with Crippen LogP contribution in [0.1, 0.15) is 51.9 Å². The first-order valence-corrected chi connectivity index (χ1v) is 6.49. The van der Waals surface area contributed by atoms with Crippen LogP contribution in [0, 0.1) is 6.92 Å². The highest BCUT2D eigenvalue weighted by molar-refractivity contribution is 6.30. The van der Waals surface area contributed by atoms with E-state index < -0.39 is 0 Å². The van der Waals surface area contributed by atoms with Crippen LogP contribution in [0.25, 0.3) is 0 Å². The average molecular weight is 257 g/mol. The zero-order valence-electron chi connectivity index (χ0n) is 11.3. The van der Waals surface area contributed by atoms with Crippen LogP contribution in [0.3, 0.4) is 0 Å². The smallest absolute Gasteiger partial charge is 0.221 e. The minimum absolute atomic E-state index is 0.230. The Labute approximate surface area is 109 Å². The van der Waals surface area contributed by atoms with Crippen LogP contribution in [-0.2, 0) is 6.42 Å². The van der Waals surface area contributed by atoms with Crippen molar-refractivity contribution in [1.29, 1.82) is 0 Å². The van der Waals surface area contributed by atoms with E-state index in [1.807, 2.05) is 20.8 Å². The lowest BCUT2D eigenvalue weighted by Crippen LogP contribution is -2.28. The topological polar surface area (TPSA) is 35.0 Å². The lowest BCUT2D eigenvalue weighted by Gasteiger charge is -2.25. The Balaban J connectivity index is 3.05. The Kier molecular flexibility index (Phi) is 4.75. The molecule has 1 aromatic heterocycles. The number of rotatable bonds is 5. The molecule has 1 rings (SSSR count). The molecule has 96 valence electrons. The van der Waals surface area contributed by atoms with E-state index in [4.69, 9.17) is 16.3 Å². The van der Waals surface area contributed by atoms with Crippen molar-refractivity contribution < 1.29 is 4.74 Å². The molecule has 0 unspecified atom stereocenters. The van der Waals surface area contributed by atoms with Crippen molar-refractivity contribution in [3.8, 4) is 5.88 Å². The largest absolute Gasteiger partial charge is 0.471 e. The molecule has 17 heavy (non-hydrogen) atoms. The van der Waals surface area contributed by atoms with Gasteiger partial charge in [-0.25, -0.2) is 4.98 Å². The molecular weight excluding hydrogens is 236 g/mol. The molecule has 4 heteroatoms. The molecule has 0 fully saturated rings. The fourth-order valence-electron chi connectivity index (χ4n) is 1.28. The summed E-state index contributed by atoms with van der Waals surface area (Å²) in [6, 6.07) is 0. The summed E-state index contributed by atoms with van der Waals surface area (Å²) in [5.41, 5.74) is 0.583. The van der Waals surface area contributed by atoms with Crippen molar-refractivity contribution >= 4 is 11.6 Å². The fourth-order valence-corrected chi connectivity index (χ4v) is 1.46. The highest BCUT2D eigenvalue weighted by Gasteiger charge is 2.20. The molecule has 0 saturated carbocycles. The van der Waals surface area contributed by atoms with Gasteiger partial charge in [0.1, 0.15) is 16.6 Å².